The maximum atomic E-state index is 10.9. The summed E-state index contributed by atoms with van der Waals surface area (Å²) in [4.78, 5) is 21.4. The third-order valence-corrected chi connectivity index (χ3v) is 2.91. The van der Waals surface area contributed by atoms with E-state index in [9.17, 15) is 4.79 Å². The molecule has 5 nitrogen and oxygen atoms in total. The fourth-order valence-corrected chi connectivity index (χ4v) is 2.00. The summed E-state index contributed by atoms with van der Waals surface area (Å²) in [5.41, 5.74) is 1.01. The first kappa shape index (κ1) is 13.0. The van der Waals surface area contributed by atoms with Crippen LogP contribution in [0.5, 0.6) is 0 Å². The van der Waals surface area contributed by atoms with Crippen LogP contribution >= 0.6 is 15.9 Å². The zero-order chi connectivity index (χ0) is 12.8. The quantitative estimate of drug-likeness (QED) is 0.597. The molecule has 1 aliphatic rings. The van der Waals surface area contributed by atoms with E-state index in [0.717, 1.165) is 10.2 Å². The number of hydroxylamine groups is 2. The van der Waals surface area contributed by atoms with Gasteiger partial charge >= 0.3 is 0 Å². The van der Waals surface area contributed by atoms with Crippen LogP contribution in [0.1, 0.15) is 12.0 Å². The first-order chi connectivity index (χ1) is 8.78. The fraction of sp³-hybridized carbons (Fsp3) is 0.333. The molecule has 0 spiro atoms. The molecule has 1 heterocycles. The number of hydrogen-bond donors (Lipinski definition) is 0. The lowest BCUT2D eigenvalue weighted by Gasteiger charge is -2.19. The van der Waals surface area contributed by atoms with Gasteiger partial charge in [0, 0.05) is 6.42 Å². The number of rotatable bonds is 6. The van der Waals surface area contributed by atoms with E-state index >= 15 is 0 Å². The van der Waals surface area contributed by atoms with Gasteiger partial charge < -0.3 is 4.84 Å². The SMILES string of the molecule is O=CN(CC1CC(Br)=NO1)OCc1ccccc1. The Bertz CT molecular complexity index is 425. The van der Waals surface area contributed by atoms with E-state index in [4.69, 9.17) is 9.68 Å². The Labute approximate surface area is 113 Å². The normalized spacial score (nSPS) is 18.1. The second-order valence-electron chi connectivity index (χ2n) is 3.86. The fourth-order valence-electron chi connectivity index (χ4n) is 1.55. The molecule has 0 bridgehead atoms. The molecule has 1 unspecified atom stereocenters. The van der Waals surface area contributed by atoms with Crippen molar-refractivity contribution in [2.75, 3.05) is 6.54 Å². The summed E-state index contributed by atoms with van der Waals surface area (Å²) in [7, 11) is 0. The molecule has 0 aliphatic carbocycles. The van der Waals surface area contributed by atoms with Crippen molar-refractivity contribution >= 4 is 27.0 Å². The first-order valence-electron chi connectivity index (χ1n) is 5.55. The van der Waals surface area contributed by atoms with Crippen LogP contribution in [0.4, 0.5) is 0 Å². The number of carbonyl (C=O) groups is 1. The summed E-state index contributed by atoms with van der Waals surface area (Å²) < 4.78 is 0.751. The molecule has 1 aromatic carbocycles. The van der Waals surface area contributed by atoms with Crippen molar-refractivity contribution in [2.45, 2.75) is 19.1 Å². The topological polar surface area (TPSA) is 51.1 Å². The molecule has 2 rings (SSSR count). The number of benzene rings is 1. The van der Waals surface area contributed by atoms with Crippen molar-refractivity contribution in [3.05, 3.63) is 35.9 Å². The lowest BCUT2D eigenvalue weighted by molar-refractivity contribution is -0.185. The van der Waals surface area contributed by atoms with Crippen molar-refractivity contribution in [1.29, 1.82) is 0 Å². The molecular weight excluding hydrogens is 300 g/mol. The maximum absolute atomic E-state index is 10.9. The van der Waals surface area contributed by atoms with Crippen molar-refractivity contribution in [3.63, 3.8) is 0 Å². The minimum absolute atomic E-state index is 0.152. The van der Waals surface area contributed by atoms with Crippen LogP contribution in [0.2, 0.25) is 0 Å². The molecule has 0 saturated carbocycles. The molecule has 1 aromatic rings. The Kier molecular flexibility index (Phi) is 4.72. The Morgan fingerprint density at radius 1 is 1.50 bits per heavy atom. The van der Waals surface area contributed by atoms with Crippen LogP contribution < -0.4 is 0 Å². The van der Waals surface area contributed by atoms with E-state index in [0.29, 0.717) is 26.0 Å². The third kappa shape index (κ3) is 3.82. The largest absolute Gasteiger partial charge is 0.389 e. The average molecular weight is 313 g/mol. The lowest BCUT2D eigenvalue weighted by atomic mass is 10.2. The molecule has 0 radical (unpaired) electrons. The monoisotopic (exact) mass is 312 g/mol. The van der Waals surface area contributed by atoms with Crippen molar-refractivity contribution < 1.29 is 14.5 Å². The molecular formula is C12H13BrN2O3. The highest BCUT2D eigenvalue weighted by molar-refractivity contribution is 9.18. The highest BCUT2D eigenvalue weighted by Crippen LogP contribution is 2.15. The van der Waals surface area contributed by atoms with Crippen LogP contribution in [0, 0.1) is 0 Å². The van der Waals surface area contributed by atoms with Gasteiger partial charge in [0.25, 0.3) is 0 Å². The van der Waals surface area contributed by atoms with Gasteiger partial charge in [-0.1, -0.05) is 35.5 Å². The molecule has 1 atom stereocenters. The molecule has 1 amide bonds. The van der Waals surface area contributed by atoms with Crippen LogP contribution in [0.25, 0.3) is 0 Å². The zero-order valence-electron chi connectivity index (χ0n) is 9.66. The highest BCUT2D eigenvalue weighted by Gasteiger charge is 2.22. The second-order valence-corrected chi connectivity index (χ2v) is 4.78. The van der Waals surface area contributed by atoms with Crippen LogP contribution in [-0.2, 0) is 21.1 Å². The van der Waals surface area contributed by atoms with E-state index in [1.54, 1.807) is 0 Å². The number of amides is 1. The van der Waals surface area contributed by atoms with E-state index in [1.165, 1.54) is 5.06 Å². The molecule has 0 N–H and O–H groups in total. The van der Waals surface area contributed by atoms with E-state index in [1.807, 2.05) is 30.3 Å². The van der Waals surface area contributed by atoms with Gasteiger partial charge in [0.1, 0.15) is 11.2 Å². The number of hydrogen-bond acceptors (Lipinski definition) is 4. The van der Waals surface area contributed by atoms with Crippen molar-refractivity contribution in [2.24, 2.45) is 5.16 Å². The van der Waals surface area contributed by atoms with Gasteiger partial charge in [0.2, 0.25) is 6.41 Å². The molecule has 18 heavy (non-hydrogen) atoms. The predicted molar refractivity (Wildman–Crippen MR) is 69.9 cm³/mol. The average Bonchev–Trinajstić information content (AvgIpc) is 2.81. The van der Waals surface area contributed by atoms with E-state index < -0.39 is 0 Å². The molecule has 0 fully saturated rings. The third-order valence-electron chi connectivity index (χ3n) is 2.44. The predicted octanol–water partition coefficient (Wildman–Crippen LogP) is 2.07. The van der Waals surface area contributed by atoms with Crippen molar-refractivity contribution in [3.8, 4) is 0 Å². The zero-order valence-corrected chi connectivity index (χ0v) is 11.2. The summed E-state index contributed by atoms with van der Waals surface area (Å²) >= 11 is 3.24. The summed E-state index contributed by atoms with van der Waals surface area (Å²) in [6.07, 6.45) is 1.15. The Balaban J connectivity index is 1.78. The van der Waals surface area contributed by atoms with Gasteiger partial charge in [-0.2, -0.15) is 0 Å². The molecule has 96 valence electrons. The van der Waals surface area contributed by atoms with Gasteiger partial charge in [-0.05, 0) is 21.5 Å². The summed E-state index contributed by atoms with van der Waals surface area (Å²) in [6.45, 7) is 0.712. The van der Waals surface area contributed by atoms with Crippen LogP contribution in [0.15, 0.2) is 35.5 Å². The number of carbonyl (C=O) groups excluding carboxylic acids is 1. The van der Waals surface area contributed by atoms with Gasteiger partial charge in [0.05, 0.1) is 6.54 Å². The van der Waals surface area contributed by atoms with Gasteiger partial charge in [-0.25, -0.2) is 5.06 Å². The standard InChI is InChI=1S/C12H13BrN2O3/c13-12-6-11(18-14-12)7-15(9-16)17-8-10-4-2-1-3-5-10/h1-5,9,11H,6-8H2. The second kappa shape index (κ2) is 6.51. The van der Waals surface area contributed by atoms with E-state index in [-0.39, 0.29) is 6.10 Å². The summed E-state index contributed by atoms with van der Waals surface area (Å²) in [5, 5.41) is 4.99. The number of nitrogens with zero attached hydrogens (tertiary/aromatic N) is 2. The van der Waals surface area contributed by atoms with Crippen LogP contribution in [-0.4, -0.2) is 28.7 Å². The minimum atomic E-state index is -0.152. The Morgan fingerprint density at radius 2 is 2.28 bits per heavy atom. The smallest absolute Gasteiger partial charge is 0.233 e. The highest BCUT2D eigenvalue weighted by atomic mass is 79.9. The van der Waals surface area contributed by atoms with Gasteiger partial charge in [0.15, 0.2) is 6.10 Å². The van der Waals surface area contributed by atoms with Gasteiger partial charge in [-0.3, -0.25) is 9.63 Å². The summed E-state index contributed by atoms with van der Waals surface area (Å²) in [5.74, 6) is 0. The van der Waals surface area contributed by atoms with E-state index in [2.05, 4.69) is 21.1 Å². The minimum Gasteiger partial charge on any atom is -0.389 e. The molecule has 0 saturated heterocycles. The molecule has 1 aliphatic heterocycles. The number of oxime groups is 1. The molecule has 0 aromatic heterocycles. The van der Waals surface area contributed by atoms with Crippen LogP contribution in [0.3, 0.4) is 0 Å². The molecule has 6 heteroatoms. The lowest BCUT2D eigenvalue weighted by Crippen LogP contribution is -2.31. The maximum Gasteiger partial charge on any atom is 0.233 e. The Hall–Kier alpha value is -1.40. The summed E-state index contributed by atoms with van der Waals surface area (Å²) in [6, 6.07) is 9.66. The van der Waals surface area contributed by atoms with Crippen molar-refractivity contribution in [1.82, 2.24) is 5.06 Å². The van der Waals surface area contributed by atoms with Gasteiger partial charge in [-0.15, -0.1) is 0 Å². The number of halogens is 1. The Morgan fingerprint density at radius 3 is 2.89 bits per heavy atom. The first-order valence-corrected chi connectivity index (χ1v) is 6.34.